The van der Waals surface area contributed by atoms with Crippen molar-refractivity contribution in [3.63, 3.8) is 0 Å². The van der Waals surface area contributed by atoms with Crippen LogP contribution < -0.4 is 5.32 Å². The average Bonchev–Trinajstić information content (AvgIpc) is 2.52. The van der Waals surface area contributed by atoms with E-state index in [1.165, 1.54) is 55.7 Å². The molecule has 0 spiro atoms. The molecule has 1 aliphatic heterocycles. The van der Waals surface area contributed by atoms with Crippen molar-refractivity contribution < 1.29 is 0 Å². The van der Waals surface area contributed by atoms with E-state index in [9.17, 15) is 0 Å². The van der Waals surface area contributed by atoms with Gasteiger partial charge in [0.1, 0.15) is 0 Å². The minimum Gasteiger partial charge on any atom is -0.310 e. The number of benzene rings is 1. The molecule has 1 atom stereocenters. The van der Waals surface area contributed by atoms with E-state index >= 15 is 0 Å². The number of likely N-dealkylation sites (N-methyl/N-ethyl adjacent to an activating group) is 1. The summed E-state index contributed by atoms with van der Waals surface area (Å²) in [4.78, 5) is 5.14. The second kappa shape index (κ2) is 8.89. The van der Waals surface area contributed by atoms with Crippen LogP contribution in [-0.2, 0) is 0 Å². The van der Waals surface area contributed by atoms with Gasteiger partial charge < -0.3 is 15.1 Å². The van der Waals surface area contributed by atoms with Crippen molar-refractivity contribution >= 4 is 15.9 Å². The zero-order valence-electron chi connectivity index (χ0n) is 13.3. The molecule has 2 rings (SSSR count). The monoisotopic (exact) mass is 353 g/mol. The Labute approximate surface area is 137 Å². The fraction of sp³-hybridized carbons (Fsp3) is 0.647. The van der Waals surface area contributed by atoms with Crippen molar-refractivity contribution in [3.05, 3.63) is 34.3 Å². The van der Waals surface area contributed by atoms with Gasteiger partial charge in [0, 0.05) is 43.2 Å². The van der Waals surface area contributed by atoms with Crippen molar-refractivity contribution in [2.45, 2.75) is 26.3 Å². The molecule has 21 heavy (non-hydrogen) atoms. The lowest BCUT2D eigenvalue weighted by atomic mass is 10.0. The molecule has 1 heterocycles. The molecule has 1 N–H and O–H groups in total. The zero-order chi connectivity index (χ0) is 15.1. The zero-order valence-corrected chi connectivity index (χ0v) is 14.9. The van der Waals surface area contributed by atoms with Crippen LogP contribution in [0.2, 0.25) is 0 Å². The van der Waals surface area contributed by atoms with Gasteiger partial charge in [-0.05, 0) is 37.2 Å². The molecule has 0 aromatic heterocycles. The summed E-state index contributed by atoms with van der Waals surface area (Å²) in [6, 6.07) is 9.15. The van der Waals surface area contributed by atoms with Crippen LogP contribution in [0.5, 0.6) is 0 Å². The summed E-state index contributed by atoms with van der Waals surface area (Å²) in [5, 5.41) is 3.63. The van der Waals surface area contributed by atoms with Gasteiger partial charge in [0.05, 0.1) is 0 Å². The molecular weight excluding hydrogens is 326 g/mol. The molecule has 4 heteroatoms. The summed E-state index contributed by atoms with van der Waals surface area (Å²) in [5.74, 6) is 0. The van der Waals surface area contributed by atoms with E-state index < -0.39 is 0 Å². The van der Waals surface area contributed by atoms with Gasteiger partial charge in [0.15, 0.2) is 0 Å². The molecule has 0 aliphatic carbocycles. The fourth-order valence-corrected chi connectivity index (χ4v) is 3.41. The number of hydrogen-bond donors (Lipinski definition) is 1. The highest BCUT2D eigenvalue weighted by molar-refractivity contribution is 9.10. The van der Waals surface area contributed by atoms with Gasteiger partial charge in [-0.2, -0.15) is 0 Å². The van der Waals surface area contributed by atoms with E-state index in [1.54, 1.807) is 0 Å². The molecule has 0 saturated carbocycles. The highest BCUT2D eigenvalue weighted by Crippen LogP contribution is 2.21. The molecule has 0 amide bonds. The Kier molecular flexibility index (Phi) is 7.17. The minimum absolute atomic E-state index is 0.455. The predicted octanol–water partition coefficient (Wildman–Crippen LogP) is 3.13. The molecule has 1 aromatic carbocycles. The first-order chi connectivity index (χ1) is 10.2. The predicted molar refractivity (Wildman–Crippen MR) is 93.7 cm³/mol. The molecule has 0 bridgehead atoms. The maximum absolute atomic E-state index is 3.63. The first kappa shape index (κ1) is 16.9. The van der Waals surface area contributed by atoms with E-state index in [1.807, 2.05) is 0 Å². The largest absolute Gasteiger partial charge is 0.310 e. The maximum Gasteiger partial charge on any atom is 0.0332 e. The second-order valence-electron chi connectivity index (χ2n) is 5.73. The third-order valence-corrected chi connectivity index (χ3v) is 4.84. The summed E-state index contributed by atoms with van der Waals surface area (Å²) in [5.41, 5.74) is 1.39. The molecule has 1 unspecified atom stereocenters. The van der Waals surface area contributed by atoms with E-state index in [0.717, 1.165) is 6.54 Å². The van der Waals surface area contributed by atoms with Gasteiger partial charge in [0.25, 0.3) is 0 Å². The van der Waals surface area contributed by atoms with Crippen molar-refractivity contribution in [1.82, 2.24) is 15.1 Å². The molecular formula is C17H28BrN3. The van der Waals surface area contributed by atoms with Gasteiger partial charge in [-0.15, -0.1) is 0 Å². The highest BCUT2D eigenvalue weighted by Gasteiger charge is 2.17. The molecule has 1 aliphatic rings. The van der Waals surface area contributed by atoms with Gasteiger partial charge in [-0.1, -0.05) is 41.9 Å². The summed E-state index contributed by atoms with van der Waals surface area (Å²) < 4.78 is 1.17. The maximum atomic E-state index is 3.63. The fourth-order valence-electron chi connectivity index (χ4n) is 3.00. The number of piperazine rings is 1. The number of nitrogens with zero attached hydrogens (tertiary/aromatic N) is 2. The van der Waals surface area contributed by atoms with Gasteiger partial charge >= 0.3 is 0 Å². The van der Waals surface area contributed by atoms with Crippen molar-refractivity contribution in [3.8, 4) is 0 Å². The van der Waals surface area contributed by atoms with E-state index in [4.69, 9.17) is 0 Å². The smallest absolute Gasteiger partial charge is 0.0332 e. The summed E-state index contributed by atoms with van der Waals surface area (Å²) in [6.07, 6.45) is 1.18. The molecule has 0 radical (unpaired) electrons. The molecule has 118 valence electrons. The Morgan fingerprint density at radius 3 is 2.48 bits per heavy atom. The van der Waals surface area contributed by atoms with Gasteiger partial charge in [-0.25, -0.2) is 0 Å². The first-order valence-electron chi connectivity index (χ1n) is 8.16. The van der Waals surface area contributed by atoms with Crippen molar-refractivity contribution in [2.75, 3.05) is 45.8 Å². The molecule has 1 aromatic rings. The standard InChI is InChI=1S/C17H28BrN3/c1-3-19-17(15-6-5-7-16(18)14-15)8-9-21-12-10-20(4-2)11-13-21/h5-7,14,17,19H,3-4,8-13H2,1-2H3. The average molecular weight is 354 g/mol. The second-order valence-corrected chi connectivity index (χ2v) is 6.65. The van der Waals surface area contributed by atoms with Crippen LogP contribution in [0.15, 0.2) is 28.7 Å². The lowest BCUT2D eigenvalue weighted by Gasteiger charge is -2.34. The van der Waals surface area contributed by atoms with Crippen LogP contribution in [0, 0.1) is 0 Å². The normalized spacial score (nSPS) is 18.8. The van der Waals surface area contributed by atoms with Gasteiger partial charge in [0.2, 0.25) is 0 Å². The van der Waals surface area contributed by atoms with E-state index in [-0.39, 0.29) is 0 Å². The van der Waals surface area contributed by atoms with Crippen LogP contribution in [0.25, 0.3) is 0 Å². The summed E-state index contributed by atoms with van der Waals surface area (Å²) >= 11 is 3.58. The van der Waals surface area contributed by atoms with Crippen LogP contribution in [-0.4, -0.2) is 55.6 Å². The number of hydrogen-bond acceptors (Lipinski definition) is 3. The topological polar surface area (TPSA) is 18.5 Å². The highest BCUT2D eigenvalue weighted by atomic mass is 79.9. The number of rotatable bonds is 7. The number of nitrogens with one attached hydrogen (secondary N) is 1. The van der Waals surface area contributed by atoms with Crippen molar-refractivity contribution in [2.24, 2.45) is 0 Å². The summed E-state index contributed by atoms with van der Waals surface area (Å²) in [6.45, 7) is 12.7. The third kappa shape index (κ3) is 5.37. The Bertz CT molecular complexity index is 416. The minimum atomic E-state index is 0.455. The SMILES string of the molecule is CCNC(CCN1CCN(CC)CC1)c1cccc(Br)c1. The number of halogens is 1. The Morgan fingerprint density at radius 2 is 1.86 bits per heavy atom. The van der Waals surface area contributed by atoms with Crippen LogP contribution >= 0.6 is 15.9 Å². The molecule has 3 nitrogen and oxygen atoms in total. The Morgan fingerprint density at radius 1 is 1.14 bits per heavy atom. The quantitative estimate of drug-likeness (QED) is 0.812. The Hall–Kier alpha value is -0.420. The third-order valence-electron chi connectivity index (χ3n) is 4.35. The molecule has 1 fully saturated rings. The lowest BCUT2D eigenvalue weighted by Crippen LogP contribution is -2.46. The van der Waals surface area contributed by atoms with E-state index in [2.05, 4.69) is 69.2 Å². The Balaban J connectivity index is 1.86. The van der Waals surface area contributed by atoms with Crippen molar-refractivity contribution in [1.29, 1.82) is 0 Å². The van der Waals surface area contributed by atoms with Crippen LogP contribution in [0.1, 0.15) is 31.9 Å². The summed E-state index contributed by atoms with van der Waals surface area (Å²) in [7, 11) is 0. The van der Waals surface area contributed by atoms with E-state index in [0.29, 0.717) is 6.04 Å². The molecule has 1 saturated heterocycles. The first-order valence-corrected chi connectivity index (χ1v) is 8.95. The van der Waals surface area contributed by atoms with Crippen LogP contribution in [0.4, 0.5) is 0 Å². The lowest BCUT2D eigenvalue weighted by molar-refractivity contribution is 0.133. The van der Waals surface area contributed by atoms with Crippen LogP contribution in [0.3, 0.4) is 0 Å². The van der Waals surface area contributed by atoms with Gasteiger partial charge in [-0.3, -0.25) is 0 Å².